The Morgan fingerprint density at radius 1 is 0.517 bits per heavy atom. The van der Waals surface area contributed by atoms with Crippen molar-refractivity contribution in [2.45, 2.75) is 18.7 Å². The molecule has 1 aliphatic heterocycles. The van der Waals surface area contributed by atoms with E-state index in [0.717, 1.165) is 0 Å². The molecule has 0 bridgehead atoms. The zero-order valence-electron chi connectivity index (χ0n) is 16.6. The Balaban J connectivity index is 1.83. The fourth-order valence-electron chi connectivity index (χ4n) is 5.11. The Labute approximate surface area is 173 Å². The van der Waals surface area contributed by atoms with E-state index in [1.165, 1.54) is 21.5 Å². The van der Waals surface area contributed by atoms with Crippen molar-refractivity contribution in [1.82, 2.24) is 0 Å². The average Bonchev–Trinajstić information content (AvgIpc) is 2.82. The average molecular weight is 396 g/mol. The quantitative estimate of drug-likeness (QED) is 0.409. The van der Waals surface area contributed by atoms with E-state index in [4.69, 9.17) is 4.52 Å². The van der Waals surface area contributed by atoms with Gasteiger partial charge in [0.25, 0.3) is 0 Å². The first-order valence-corrected chi connectivity index (χ1v) is 12.4. The van der Waals surface area contributed by atoms with E-state index >= 15 is 0 Å². The molecule has 5 rings (SSSR count). The van der Waals surface area contributed by atoms with Crippen LogP contribution in [0.1, 0.15) is 18.6 Å². The van der Waals surface area contributed by atoms with Crippen LogP contribution in [-0.4, -0.2) is 5.66 Å². The van der Waals surface area contributed by atoms with E-state index in [1.807, 2.05) is 0 Å². The molecule has 1 nitrogen and oxygen atoms in total. The molecule has 29 heavy (non-hydrogen) atoms. The molecule has 0 aliphatic carbocycles. The van der Waals surface area contributed by atoms with Gasteiger partial charge in [0.15, 0.2) is 0 Å². The zero-order chi connectivity index (χ0) is 19.8. The molecule has 0 N–H and O–H groups in total. The molecule has 0 saturated carbocycles. The molecule has 1 heterocycles. The Kier molecular flexibility index (Phi) is 4.39. The summed E-state index contributed by atoms with van der Waals surface area (Å²) in [4.78, 5) is 0. The Bertz CT molecular complexity index is 995. The van der Waals surface area contributed by atoms with Crippen LogP contribution in [0.5, 0.6) is 0 Å². The van der Waals surface area contributed by atoms with Crippen LogP contribution < -0.4 is 15.9 Å². The minimum absolute atomic E-state index is 0.0782. The van der Waals surface area contributed by atoms with Gasteiger partial charge < -0.3 is 0 Å². The van der Waals surface area contributed by atoms with E-state index in [9.17, 15) is 0 Å². The number of hydrogen-bond acceptors (Lipinski definition) is 1. The van der Waals surface area contributed by atoms with Crippen molar-refractivity contribution in [3.63, 3.8) is 0 Å². The summed E-state index contributed by atoms with van der Waals surface area (Å²) in [5, 5.41) is 3.90. The van der Waals surface area contributed by atoms with Crippen LogP contribution in [0.15, 0.2) is 121 Å². The first-order chi connectivity index (χ1) is 14.3. The van der Waals surface area contributed by atoms with Crippen LogP contribution in [-0.2, 0) is 4.52 Å². The van der Waals surface area contributed by atoms with Crippen LogP contribution in [0.3, 0.4) is 0 Å². The second-order valence-corrected chi connectivity index (χ2v) is 12.6. The monoisotopic (exact) mass is 396 g/mol. The maximum absolute atomic E-state index is 7.30. The van der Waals surface area contributed by atoms with Gasteiger partial charge in [-0.05, 0) is 0 Å². The molecule has 1 unspecified atom stereocenters. The van der Waals surface area contributed by atoms with Crippen molar-refractivity contribution in [1.29, 1.82) is 0 Å². The Morgan fingerprint density at radius 3 is 1.21 bits per heavy atom. The van der Waals surface area contributed by atoms with Gasteiger partial charge in [-0.15, -0.1) is 0 Å². The summed E-state index contributed by atoms with van der Waals surface area (Å²) in [7, 11) is 0. The summed E-state index contributed by atoms with van der Waals surface area (Å²) in [5.41, 5.74) is 1.58. The fourth-order valence-corrected chi connectivity index (χ4v) is 11.6. The van der Waals surface area contributed by atoms with Gasteiger partial charge in [0.1, 0.15) is 0 Å². The summed E-state index contributed by atoms with van der Waals surface area (Å²) in [5.74, 6) is 0. The van der Waals surface area contributed by atoms with Crippen LogP contribution >= 0.6 is 6.83 Å². The first kappa shape index (κ1) is 18.3. The third-order valence-electron chi connectivity index (χ3n) is 6.48. The molecule has 4 aromatic carbocycles. The topological polar surface area (TPSA) is 9.23 Å². The van der Waals surface area contributed by atoms with E-state index < -0.39 is 6.83 Å². The van der Waals surface area contributed by atoms with Gasteiger partial charge in [-0.1, -0.05) is 0 Å². The molecule has 4 aromatic rings. The number of benzene rings is 4. The van der Waals surface area contributed by atoms with Gasteiger partial charge in [-0.3, -0.25) is 0 Å². The van der Waals surface area contributed by atoms with Crippen molar-refractivity contribution >= 4 is 22.7 Å². The van der Waals surface area contributed by atoms with Crippen molar-refractivity contribution in [3.8, 4) is 0 Å². The second-order valence-electron chi connectivity index (χ2n) is 7.79. The summed E-state index contributed by atoms with van der Waals surface area (Å²) >= 11 is 0. The molecule has 2 heteroatoms. The predicted molar refractivity (Wildman–Crippen MR) is 125 cm³/mol. The van der Waals surface area contributed by atoms with Crippen molar-refractivity contribution in [3.05, 3.63) is 127 Å². The van der Waals surface area contributed by atoms with Crippen LogP contribution in [0.2, 0.25) is 0 Å². The van der Waals surface area contributed by atoms with E-state index in [2.05, 4.69) is 128 Å². The van der Waals surface area contributed by atoms with Crippen molar-refractivity contribution < 1.29 is 4.52 Å². The predicted octanol–water partition coefficient (Wildman–Crippen LogP) is 5.59. The Morgan fingerprint density at radius 2 is 0.862 bits per heavy atom. The van der Waals surface area contributed by atoms with Gasteiger partial charge in [0.05, 0.1) is 0 Å². The van der Waals surface area contributed by atoms with E-state index in [-0.39, 0.29) is 6.10 Å². The molecule has 1 fully saturated rings. The molecule has 1 saturated heterocycles. The first-order valence-electron chi connectivity index (χ1n) is 10.2. The van der Waals surface area contributed by atoms with Crippen molar-refractivity contribution in [2.75, 3.05) is 0 Å². The van der Waals surface area contributed by atoms with Gasteiger partial charge in [0, 0.05) is 0 Å². The summed E-state index contributed by atoms with van der Waals surface area (Å²) in [6.45, 7) is -0.705. The summed E-state index contributed by atoms with van der Waals surface area (Å²) < 4.78 is 7.30. The molecule has 0 amide bonds. The fraction of sp³-hybridized carbons (Fsp3) is 0.111. The number of hydrogen-bond donors (Lipinski definition) is 0. The summed E-state index contributed by atoms with van der Waals surface area (Å²) in [6.07, 6.45) is 0.0782. The SMILES string of the molecule is C[C@@H]1C(c2ccccc2)OP1(c1ccccc1)(c1ccccc1)c1ccccc1. The van der Waals surface area contributed by atoms with Crippen LogP contribution in [0, 0.1) is 0 Å². The minimum atomic E-state index is -3.09. The molecule has 144 valence electrons. The maximum atomic E-state index is 7.30. The second kappa shape index (κ2) is 6.95. The molecule has 2 atom stereocenters. The van der Waals surface area contributed by atoms with Crippen LogP contribution in [0.25, 0.3) is 0 Å². The zero-order valence-corrected chi connectivity index (χ0v) is 17.5. The van der Waals surface area contributed by atoms with E-state index in [1.54, 1.807) is 0 Å². The molecule has 0 radical (unpaired) electrons. The normalized spacial score (nSPS) is 23.3. The van der Waals surface area contributed by atoms with Gasteiger partial charge >= 0.3 is 173 Å². The molecular weight excluding hydrogens is 371 g/mol. The number of rotatable bonds is 4. The molecule has 1 aliphatic rings. The molecular formula is C27H25OP. The summed E-state index contributed by atoms with van der Waals surface area (Å²) in [6, 6.07) is 43.3. The third-order valence-corrected chi connectivity index (χ3v) is 12.9. The van der Waals surface area contributed by atoms with Crippen molar-refractivity contribution in [2.24, 2.45) is 0 Å². The standard InChI is InChI=1S/C27H25OP/c1-22-27(23-14-6-2-7-15-23)28-29(22,24-16-8-3-9-17-24,25-18-10-4-11-19-25)26-20-12-5-13-21-26/h2-22,27H,1H3/t22-,27?/m1/s1. The molecule has 0 spiro atoms. The molecule has 0 aromatic heterocycles. The third kappa shape index (κ3) is 2.42. The Hall–Kier alpha value is -2.73. The van der Waals surface area contributed by atoms with Gasteiger partial charge in [0.2, 0.25) is 0 Å². The van der Waals surface area contributed by atoms with Crippen LogP contribution in [0.4, 0.5) is 0 Å². The van der Waals surface area contributed by atoms with Gasteiger partial charge in [-0.25, -0.2) is 0 Å². The van der Waals surface area contributed by atoms with Gasteiger partial charge in [-0.2, -0.15) is 0 Å². The van der Waals surface area contributed by atoms with E-state index in [0.29, 0.717) is 5.66 Å².